The lowest BCUT2D eigenvalue weighted by Gasteiger charge is -2.43. The van der Waals surface area contributed by atoms with Crippen LogP contribution in [0.2, 0.25) is 0 Å². The molecule has 5 rings (SSSR count). The lowest BCUT2D eigenvalue weighted by Crippen LogP contribution is -2.49. The second kappa shape index (κ2) is 7.67. The largest absolute Gasteiger partial charge is 0.447 e. The van der Waals surface area contributed by atoms with E-state index in [-0.39, 0.29) is 30.4 Å². The number of halogens is 2. The molecule has 29 heavy (non-hydrogen) atoms. The predicted octanol–water partition coefficient (Wildman–Crippen LogP) is 3.74. The Morgan fingerprint density at radius 3 is 2.76 bits per heavy atom. The van der Waals surface area contributed by atoms with Crippen molar-refractivity contribution in [2.24, 2.45) is 0 Å². The van der Waals surface area contributed by atoms with Gasteiger partial charge in [-0.05, 0) is 55.4 Å². The van der Waals surface area contributed by atoms with Gasteiger partial charge in [-0.3, -0.25) is 4.90 Å². The summed E-state index contributed by atoms with van der Waals surface area (Å²) in [5.74, 6) is -1.15. The second-order valence-corrected chi connectivity index (χ2v) is 7.69. The molecule has 1 aromatic carbocycles. The molecule has 2 bridgehead atoms. The smallest absolute Gasteiger partial charge is 0.410 e. The number of fused-ring (bicyclic) bond motifs is 3. The third-order valence-electron chi connectivity index (χ3n) is 6.20. The lowest BCUT2D eigenvalue weighted by atomic mass is 9.75. The molecule has 3 aliphatic carbocycles. The molecule has 1 aromatic heterocycles. The summed E-state index contributed by atoms with van der Waals surface area (Å²) in [5.41, 5.74) is 0.868. The van der Waals surface area contributed by atoms with Crippen LogP contribution in [0.15, 0.2) is 24.3 Å². The number of carbonyl (C=O) groups is 1. The fourth-order valence-corrected chi connectivity index (χ4v) is 4.71. The number of hydrogen-bond donors (Lipinski definition) is 1. The van der Waals surface area contributed by atoms with E-state index < -0.39 is 23.3 Å². The first-order chi connectivity index (χ1) is 14.0. The van der Waals surface area contributed by atoms with Crippen LogP contribution in [-0.4, -0.2) is 46.6 Å². The van der Waals surface area contributed by atoms with Gasteiger partial charge in [0.1, 0.15) is 18.2 Å². The molecule has 0 saturated heterocycles. The molecular formula is C21H23F2N3O3. The van der Waals surface area contributed by atoms with Gasteiger partial charge in [0.25, 0.3) is 0 Å². The van der Waals surface area contributed by atoms with Crippen LogP contribution < -0.4 is 0 Å². The van der Waals surface area contributed by atoms with Gasteiger partial charge < -0.3 is 9.84 Å². The molecule has 2 atom stereocenters. The van der Waals surface area contributed by atoms with Crippen LogP contribution in [0, 0.1) is 11.6 Å². The molecule has 3 aliphatic rings. The van der Waals surface area contributed by atoms with E-state index in [1.165, 1.54) is 18.2 Å². The molecule has 2 aromatic rings. The van der Waals surface area contributed by atoms with Crippen molar-refractivity contribution >= 4 is 6.09 Å². The van der Waals surface area contributed by atoms with E-state index in [1.807, 2.05) is 0 Å². The molecule has 154 valence electrons. The first kappa shape index (κ1) is 19.7. The van der Waals surface area contributed by atoms with E-state index in [4.69, 9.17) is 9.84 Å². The summed E-state index contributed by atoms with van der Waals surface area (Å²) in [4.78, 5) is 14.1. The summed E-state index contributed by atoms with van der Waals surface area (Å²) >= 11 is 0. The minimum atomic E-state index is -0.683. The van der Waals surface area contributed by atoms with Gasteiger partial charge in [-0.1, -0.05) is 12.5 Å². The fraction of sp³-hybridized carbons (Fsp3) is 0.476. The zero-order valence-electron chi connectivity index (χ0n) is 16.2. The Balaban J connectivity index is 1.79. The van der Waals surface area contributed by atoms with Gasteiger partial charge in [-0.15, -0.1) is 5.10 Å². The van der Waals surface area contributed by atoms with Gasteiger partial charge in [0.2, 0.25) is 0 Å². The number of hydrogen-bond acceptors (Lipinski definition) is 5. The third-order valence-corrected chi connectivity index (χ3v) is 6.20. The molecule has 0 spiro atoms. The van der Waals surface area contributed by atoms with Gasteiger partial charge in [0.05, 0.1) is 29.1 Å². The molecule has 0 aliphatic heterocycles. The Morgan fingerprint density at radius 1 is 1.28 bits per heavy atom. The Bertz CT molecular complexity index is 915. The summed E-state index contributed by atoms with van der Waals surface area (Å²) in [6.07, 6.45) is 3.55. The number of nitrogens with zero attached hydrogens (tertiary/aromatic N) is 3. The number of carbonyl (C=O) groups excluding carboxylic acids is 1. The van der Waals surface area contributed by atoms with Crippen molar-refractivity contribution in [3.63, 3.8) is 0 Å². The van der Waals surface area contributed by atoms with Gasteiger partial charge in [-0.25, -0.2) is 13.6 Å². The van der Waals surface area contributed by atoms with Crippen molar-refractivity contribution in [2.45, 2.75) is 43.6 Å². The quantitative estimate of drug-likeness (QED) is 0.842. The molecule has 0 unspecified atom stereocenters. The minimum absolute atomic E-state index is 0.0775. The average molecular weight is 403 g/mol. The van der Waals surface area contributed by atoms with Gasteiger partial charge >= 0.3 is 6.09 Å². The number of aliphatic hydroxyl groups is 1. The number of amides is 1. The molecule has 1 N–H and O–H groups in total. The monoisotopic (exact) mass is 403 g/mol. The molecule has 8 heteroatoms. The number of aromatic nitrogens is 2. The molecule has 6 nitrogen and oxygen atoms in total. The summed E-state index contributed by atoms with van der Waals surface area (Å²) in [5, 5.41) is 17.5. The Labute approximate surface area is 167 Å². The third kappa shape index (κ3) is 3.25. The number of ether oxygens (including phenoxy) is 1. The van der Waals surface area contributed by atoms with Crippen molar-refractivity contribution in [3.05, 3.63) is 47.2 Å². The van der Waals surface area contributed by atoms with Crippen LogP contribution in [0.1, 0.15) is 49.3 Å². The van der Waals surface area contributed by atoms with Gasteiger partial charge in [0, 0.05) is 7.05 Å². The van der Waals surface area contributed by atoms with Crippen molar-refractivity contribution in [2.75, 3.05) is 20.3 Å². The topological polar surface area (TPSA) is 75.6 Å². The van der Waals surface area contributed by atoms with Crippen LogP contribution in [-0.2, 0) is 10.3 Å². The Morgan fingerprint density at radius 2 is 2.03 bits per heavy atom. The first-order valence-electron chi connectivity index (χ1n) is 9.82. The van der Waals surface area contributed by atoms with Crippen LogP contribution in [0.5, 0.6) is 0 Å². The van der Waals surface area contributed by atoms with Crippen molar-refractivity contribution in [1.29, 1.82) is 0 Å². The van der Waals surface area contributed by atoms with Crippen LogP contribution in [0.3, 0.4) is 0 Å². The predicted molar refractivity (Wildman–Crippen MR) is 101 cm³/mol. The van der Waals surface area contributed by atoms with Crippen LogP contribution in [0.25, 0.3) is 11.3 Å². The summed E-state index contributed by atoms with van der Waals surface area (Å²) in [6.45, 7) is -0.325. The minimum Gasteiger partial charge on any atom is -0.447 e. The van der Waals surface area contributed by atoms with Gasteiger partial charge in [0.15, 0.2) is 0 Å². The SMILES string of the molecule is CN(C(=O)OCCO)[C@@]12CCC[C@@H](CC1)c1cc(-c3c(F)cccc3F)nnc12. The Hall–Kier alpha value is -2.61. The number of benzene rings is 1. The Kier molecular flexibility index (Phi) is 5.21. The highest BCUT2D eigenvalue weighted by molar-refractivity contribution is 5.69. The van der Waals surface area contributed by atoms with Crippen LogP contribution >= 0.6 is 0 Å². The standard InChI is InChI=1S/C21H23F2N3O3/c1-26(20(28)29-11-10-27)21-8-3-4-13(7-9-21)14-12-17(24-25-19(14)21)18-15(22)5-2-6-16(18)23/h2,5-6,12-13,27H,3-4,7-11H2,1H3/t13-,21-/m0/s1. The summed E-state index contributed by atoms with van der Waals surface area (Å²) in [7, 11) is 1.67. The maximum atomic E-state index is 14.3. The van der Waals surface area contributed by atoms with E-state index in [0.29, 0.717) is 12.1 Å². The molecular weight excluding hydrogens is 380 g/mol. The molecule has 1 amide bonds. The van der Waals surface area contributed by atoms with E-state index in [2.05, 4.69) is 10.2 Å². The fourth-order valence-electron chi connectivity index (χ4n) is 4.71. The zero-order valence-corrected chi connectivity index (χ0v) is 16.2. The molecule has 1 saturated carbocycles. The van der Waals surface area contributed by atoms with E-state index in [1.54, 1.807) is 18.0 Å². The highest BCUT2D eigenvalue weighted by Gasteiger charge is 2.49. The average Bonchev–Trinajstić information content (AvgIpc) is 3.03. The second-order valence-electron chi connectivity index (χ2n) is 7.69. The number of rotatable bonds is 4. The molecule has 0 radical (unpaired) electrons. The zero-order chi connectivity index (χ0) is 20.6. The first-order valence-corrected chi connectivity index (χ1v) is 9.82. The maximum absolute atomic E-state index is 14.3. The van der Waals surface area contributed by atoms with E-state index in [9.17, 15) is 13.6 Å². The highest BCUT2D eigenvalue weighted by Crippen LogP contribution is 2.52. The van der Waals surface area contributed by atoms with Crippen LogP contribution in [0.4, 0.5) is 13.6 Å². The molecule has 1 fully saturated rings. The lowest BCUT2D eigenvalue weighted by molar-refractivity contribution is 0.0399. The molecule has 1 heterocycles. The number of aliphatic hydroxyl groups excluding tert-OH is 1. The summed E-state index contributed by atoms with van der Waals surface area (Å²) < 4.78 is 33.7. The normalized spacial score (nSPS) is 22.7. The van der Waals surface area contributed by atoms with E-state index >= 15 is 0 Å². The van der Waals surface area contributed by atoms with Crippen molar-refractivity contribution < 1.29 is 23.4 Å². The maximum Gasteiger partial charge on any atom is 0.410 e. The highest BCUT2D eigenvalue weighted by atomic mass is 19.1. The van der Waals surface area contributed by atoms with Crippen molar-refractivity contribution in [1.82, 2.24) is 15.1 Å². The van der Waals surface area contributed by atoms with Gasteiger partial charge in [-0.2, -0.15) is 5.10 Å². The summed E-state index contributed by atoms with van der Waals surface area (Å²) in [6, 6.07) is 5.43. The van der Waals surface area contributed by atoms with Crippen molar-refractivity contribution in [3.8, 4) is 11.3 Å². The van der Waals surface area contributed by atoms with E-state index in [0.717, 1.165) is 31.2 Å².